The standard InChI is InChI=1S/C16H26S/c1-8-17-14-10-9-12(15(2,3)4)11-13(14)16(5,6)7/h9-11H,8H2,1-7H3. The van der Waals surface area contributed by atoms with E-state index in [9.17, 15) is 0 Å². The maximum atomic E-state index is 2.40. The molecule has 0 nitrogen and oxygen atoms in total. The molecule has 0 bridgehead atoms. The molecule has 0 radical (unpaired) electrons. The summed E-state index contributed by atoms with van der Waals surface area (Å²) < 4.78 is 0. The normalized spacial score (nSPS) is 12.9. The lowest BCUT2D eigenvalue weighted by atomic mass is 9.81. The first kappa shape index (κ1) is 14.6. The average molecular weight is 250 g/mol. The number of thioether (sulfide) groups is 1. The Labute approximate surface area is 111 Å². The molecule has 1 aromatic rings. The Morgan fingerprint density at radius 3 is 1.94 bits per heavy atom. The lowest BCUT2D eigenvalue weighted by Crippen LogP contribution is -2.17. The van der Waals surface area contributed by atoms with Crippen LogP contribution in [0.25, 0.3) is 0 Å². The first-order valence-electron chi connectivity index (χ1n) is 6.44. The Hall–Kier alpha value is -0.430. The molecule has 17 heavy (non-hydrogen) atoms. The average Bonchev–Trinajstić information content (AvgIpc) is 2.15. The molecule has 0 heterocycles. The summed E-state index contributed by atoms with van der Waals surface area (Å²) in [6.07, 6.45) is 0. The highest BCUT2D eigenvalue weighted by molar-refractivity contribution is 7.99. The predicted octanol–water partition coefficient (Wildman–Crippen LogP) is 5.39. The third-order valence-corrected chi connectivity index (χ3v) is 3.91. The van der Waals surface area contributed by atoms with Gasteiger partial charge in [-0.05, 0) is 33.8 Å². The van der Waals surface area contributed by atoms with Gasteiger partial charge in [-0.25, -0.2) is 0 Å². The van der Waals surface area contributed by atoms with Gasteiger partial charge in [0.2, 0.25) is 0 Å². The van der Waals surface area contributed by atoms with Crippen LogP contribution in [0.3, 0.4) is 0 Å². The highest BCUT2D eigenvalue weighted by Gasteiger charge is 2.21. The Kier molecular flexibility index (Phi) is 4.35. The molecule has 0 unspecified atom stereocenters. The number of rotatable bonds is 2. The van der Waals surface area contributed by atoms with Crippen molar-refractivity contribution in [2.45, 2.75) is 64.2 Å². The zero-order valence-electron chi connectivity index (χ0n) is 12.3. The fraction of sp³-hybridized carbons (Fsp3) is 0.625. The Morgan fingerprint density at radius 1 is 0.941 bits per heavy atom. The fourth-order valence-electron chi connectivity index (χ4n) is 1.86. The smallest absolute Gasteiger partial charge is 0.0109 e. The van der Waals surface area contributed by atoms with Crippen LogP contribution in [-0.4, -0.2) is 5.75 Å². The topological polar surface area (TPSA) is 0 Å². The molecule has 0 aliphatic heterocycles. The van der Waals surface area contributed by atoms with E-state index in [0.29, 0.717) is 0 Å². The minimum absolute atomic E-state index is 0.221. The van der Waals surface area contributed by atoms with Gasteiger partial charge in [0.25, 0.3) is 0 Å². The van der Waals surface area contributed by atoms with Crippen LogP contribution >= 0.6 is 11.8 Å². The van der Waals surface area contributed by atoms with Crippen LogP contribution in [0.1, 0.15) is 59.6 Å². The molecule has 0 N–H and O–H groups in total. The van der Waals surface area contributed by atoms with Crippen LogP contribution in [0, 0.1) is 0 Å². The Morgan fingerprint density at radius 2 is 1.53 bits per heavy atom. The lowest BCUT2D eigenvalue weighted by molar-refractivity contribution is 0.559. The summed E-state index contributed by atoms with van der Waals surface area (Å²) in [5, 5.41) is 0. The van der Waals surface area contributed by atoms with Crippen molar-refractivity contribution in [1.29, 1.82) is 0 Å². The van der Waals surface area contributed by atoms with Gasteiger partial charge in [0.1, 0.15) is 0 Å². The second-order valence-electron chi connectivity index (χ2n) is 6.64. The molecule has 0 saturated heterocycles. The summed E-state index contributed by atoms with van der Waals surface area (Å²) in [4.78, 5) is 1.44. The van der Waals surface area contributed by atoms with E-state index >= 15 is 0 Å². The molecule has 1 aromatic carbocycles. The molecule has 96 valence electrons. The number of benzene rings is 1. The molecular formula is C16H26S. The summed E-state index contributed by atoms with van der Waals surface area (Å²) in [6, 6.07) is 6.99. The van der Waals surface area contributed by atoms with Gasteiger partial charge >= 0.3 is 0 Å². The minimum atomic E-state index is 0.221. The third-order valence-electron chi connectivity index (χ3n) is 2.95. The van der Waals surface area contributed by atoms with E-state index in [1.54, 1.807) is 0 Å². The fourth-order valence-corrected chi connectivity index (χ4v) is 2.86. The summed E-state index contributed by atoms with van der Waals surface area (Å²) >= 11 is 1.95. The van der Waals surface area contributed by atoms with Gasteiger partial charge in [0, 0.05) is 4.90 Å². The molecular weight excluding hydrogens is 224 g/mol. The molecule has 0 amide bonds. The molecule has 0 aliphatic rings. The molecule has 0 fully saturated rings. The first-order chi connectivity index (χ1) is 7.66. The predicted molar refractivity (Wildman–Crippen MR) is 80.2 cm³/mol. The molecule has 0 saturated carbocycles. The van der Waals surface area contributed by atoms with Gasteiger partial charge in [-0.3, -0.25) is 0 Å². The molecule has 0 aliphatic carbocycles. The van der Waals surface area contributed by atoms with Crippen LogP contribution in [0.4, 0.5) is 0 Å². The molecule has 0 atom stereocenters. The quantitative estimate of drug-likeness (QED) is 0.634. The summed E-state index contributed by atoms with van der Waals surface area (Å²) in [5.74, 6) is 1.14. The Bertz CT molecular complexity index is 377. The van der Waals surface area contributed by atoms with Crippen molar-refractivity contribution in [3.8, 4) is 0 Å². The van der Waals surface area contributed by atoms with Gasteiger partial charge in [-0.15, -0.1) is 11.8 Å². The second kappa shape index (κ2) is 5.06. The number of hydrogen-bond donors (Lipinski definition) is 0. The minimum Gasteiger partial charge on any atom is -0.126 e. The van der Waals surface area contributed by atoms with E-state index in [1.807, 2.05) is 11.8 Å². The van der Waals surface area contributed by atoms with Crippen molar-refractivity contribution in [2.75, 3.05) is 5.75 Å². The molecule has 0 spiro atoms. The maximum Gasteiger partial charge on any atom is 0.0109 e. The highest BCUT2D eigenvalue weighted by atomic mass is 32.2. The lowest BCUT2D eigenvalue weighted by Gasteiger charge is -2.27. The summed E-state index contributed by atoms with van der Waals surface area (Å²) in [7, 11) is 0. The van der Waals surface area contributed by atoms with Gasteiger partial charge < -0.3 is 0 Å². The SMILES string of the molecule is CCSc1ccc(C(C)(C)C)cc1C(C)(C)C. The largest absolute Gasteiger partial charge is 0.126 e. The van der Waals surface area contributed by atoms with E-state index in [4.69, 9.17) is 0 Å². The first-order valence-corrected chi connectivity index (χ1v) is 7.42. The van der Waals surface area contributed by atoms with Crippen LogP contribution in [0.2, 0.25) is 0 Å². The van der Waals surface area contributed by atoms with Crippen molar-refractivity contribution < 1.29 is 0 Å². The number of hydrogen-bond acceptors (Lipinski definition) is 1. The van der Waals surface area contributed by atoms with Gasteiger partial charge in [-0.1, -0.05) is 60.6 Å². The monoisotopic (exact) mass is 250 g/mol. The van der Waals surface area contributed by atoms with Gasteiger partial charge in [-0.2, -0.15) is 0 Å². The molecule has 1 heteroatoms. The zero-order valence-corrected chi connectivity index (χ0v) is 13.2. The van der Waals surface area contributed by atoms with Crippen LogP contribution in [0.5, 0.6) is 0 Å². The molecule has 0 aromatic heterocycles. The third kappa shape index (κ3) is 3.77. The summed E-state index contributed by atoms with van der Waals surface area (Å²) in [5.41, 5.74) is 3.37. The van der Waals surface area contributed by atoms with E-state index in [0.717, 1.165) is 5.75 Å². The van der Waals surface area contributed by atoms with E-state index in [2.05, 4.69) is 66.7 Å². The highest BCUT2D eigenvalue weighted by Crippen LogP contribution is 2.35. The van der Waals surface area contributed by atoms with Gasteiger partial charge in [0.15, 0.2) is 0 Å². The van der Waals surface area contributed by atoms with E-state index in [-0.39, 0.29) is 10.8 Å². The summed E-state index contributed by atoms with van der Waals surface area (Å²) in [6.45, 7) is 16.0. The van der Waals surface area contributed by atoms with Crippen LogP contribution in [0.15, 0.2) is 23.1 Å². The van der Waals surface area contributed by atoms with Crippen LogP contribution < -0.4 is 0 Å². The van der Waals surface area contributed by atoms with Crippen LogP contribution in [-0.2, 0) is 10.8 Å². The van der Waals surface area contributed by atoms with Crippen molar-refractivity contribution in [3.05, 3.63) is 29.3 Å². The van der Waals surface area contributed by atoms with E-state index in [1.165, 1.54) is 16.0 Å². The second-order valence-corrected chi connectivity index (χ2v) is 7.95. The van der Waals surface area contributed by atoms with Gasteiger partial charge in [0.05, 0.1) is 0 Å². The maximum absolute atomic E-state index is 2.40. The zero-order chi connectivity index (χ0) is 13.3. The van der Waals surface area contributed by atoms with Crippen molar-refractivity contribution in [3.63, 3.8) is 0 Å². The molecule has 1 rings (SSSR count). The van der Waals surface area contributed by atoms with E-state index < -0.39 is 0 Å². The van der Waals surface area contributed by atoms with Crippen molar-refractivity contribution >= 4 is 11.8 Å². The Balaban J connectivity index is 3.30. The van der Waals surface area contributed by atoms with Crippen molar-refractivity contribution in [1.82, 2.24) is 0 Å². The van der Waals surface area contributed by atoms with Crippen molar-refractivity contribution in [2.24, 2.45) is 0 Å².